The predicted molar refractivity (Wildman–Crippen MR) is 104 cm³/mol. The van der Waals surface area contributed by atoms with E-state index < -0.39 is 0 Å². The second-order valence-corrected chi connectivity index (χ2v) is 7.07. The molecule has 0 amide bonds. The highest BCUT2D eigenvalue weighted by molar-refractivity contribution is 5.48. The summed E-state index contributed by atoms with van der Waals surface area (Å²) in [6.45, 7) is 16.6. The van der Waals surface area contributed by atoms with E-state index in [0.717, 1.165) is 11.4 Å². The zero-order chi connectivity index (χ0) is 18.6. The van der Waals surface area contributed by atoms with Gasteiger partial charge in [-0.1, -0.05) is 27.7 Å². The molecular formula is C20H32N4. The molecule has 132 valence electrons. The Kier molecular flexibility index (Phi) is 6.76. The van der Waals surface area contributed by atoms with Crippen LogP contribution in [0.5, 0.6) is 0 Å². The topological polar surface area (TPSA) is 77.8 Å². The SMILES string of the molecule is Cc1cc(C)c(C(C)C)c(N)n1.Cc1cc(C)c(C(C)C)c(N)n1. The van der Waals surface area contributed by atoms with Gasteiger partial charge in [-0.25, -0.2) is 9.97 Å². The first-order valence-electron chi connectivity index (χ1n) is 8.51. The number of rotatable bonds is 2. The van der Waals surface area contributed by atoms with E-state index in [-0.39, 0.29) is 0 Å². The zero-order valence-corrected chi connectivity index (χ0v) is 16.4. The molecule has 0 radical (unpaired) electrons. The van der Waals surface area contributed by atoms with Crippen molar-refractivity contribution in [3.8, 4) is 0 Å². The fourth-order valence-electron chi connectivity index (χ4n) is 3.25. The van der Waals surface area contributed by atoms with Crippen LogP contribution in [0, 0.1) is 27.7 Å². The summed E-state index contributed by atoms with van der Waals surface area (Å²) in [7, 11) is 0. The van der Waals surface area contributed by atoms with Gasteiger partial charge in [-0.3, -0.25) is 0 Å². The third-order valence-corrected chi connectivity index (χ3v) is 4.00. The first-order chi connectivity index (χ1) is 11.0. The number of hydrogen-bond donors (Lipinski definition) is 2. The number of nitrogens with zero attached hydrogens (tertiary/aromatic N) is 2. The van der Waals surface area contributed by atoms with Crippen LogP contribution < -0.4 is 11.5 Å². The van der Waals surface area contributed by atoms with Crippen molar-refractivity contribution in [2.24, 2.45) is 0 Å². The molecule has 24 heavy (non-hydrogen) atoms. The highest BCUT2D eigenvalue weighted by Gasteiger charge is 2.09. The largest absolute Gasteiger partial charge is 0.383 e. The first kappa shape index (κ1) is 19.9. The van der Waals surface area contributed by atoms with Crippen LogP contribution in [0.15, 0.2) is 12.1 Å². The lowest BCUT2D eigenvalue weighted by Crippen LogP contribution is -2.03. The summed E-state index contributed by atoms with van der Waals surface area (Å²) in [5, 5.41) is 0. The maximum absolute atomic E-state index is 5.81. The molecule has 2 heterocycles. The predicted octanol–water partition coefficient (Wildman–Crippen LogP) is 4.81. The summed E-state index contributed by atoms with van der Waals surface area (Å²) in [5.41, 5.74) is 18.5. The molecule has 0 saturated carbocycles. The Hall–Kier alpha value is -2.10. The summed E-state index contributed by atoms with van der Waals surface area (Å²) in [5.74, 6) is 2.28. The summed E-state index contributed by atoms with van der Waals surface area (Å²) in [4.78, 5) is 8.47. The van der Waals surface area contributed by atoms with E-state index in [9.17, 15) is 0 Å². The molecule has 2 rings (SSSR count). The van der Waals surface area contributed by atoms with Gasteiger partial charge >= 0.3 is 0 Å². The Labute approximate surface area is 146 Å². The van der Waals surface area contributed by atoms with Gasteiger partial charge in [0.25, 0.3) is 0 Å². The van der Waals surface area contributed by atoms with Crippen molar-refractivity contribution >= 4 is 11.6 Å². The van der Waals surface area contributed by atoms with E-state index in [2.05, 4.69) is 63.6 Å². The molecule has 2 aromatic rings. The molecular weight excluding hydrogens is 296 g/mol. The molecule has 0 bridgehead atoms. The quantitative estimate of drug-likeness (QED) is 0.829. The van der Waals surface area contributed by atoms with Gasteiger partial charge in [-0.15, -0.1) is 0 Å². The molecule has 0 aliphatic carbocycles. The van der Waals surface area contributed by atoms with Gasteiger partial charge in [0.1, 0.15) is 11.6 Å². The summed E-state index contributed by atoms with van der Waals surface area (Å²) in [6.07, 6.45) is 0. The number of nitrogens with two attached hydrogens (primary N) is 2. The number of anilines is 2. The van der Waals surface area contributed by atoms with Crippen LogP contribution in [0.25, 0.3) is 0 Å². The van der Waals surface area contributed by atoms with E-state index in [0.29, 0.717) is 23.5 Å². The van der Waals surface area contributed by atoms with Gasteiger partial charge in [0.05, 0.1) is 0 Å². The maximum atomic E-state index is 5.81. The van der Waals surface area contributed by atoms with Crippen molar-refractivity contribution in [2.75, 3.05) is 11.5 Å². The molecule has 0 aromatic carbocycles. The van der Waals surface area contributed by atoms with Crippen molar-refractivity contribution in [3.05, 3.63) is 45.8 Å². The highest BCUT2D eigenvalue weighted by atomic mass is 14.8. The molecule has 0 aliphatic heterocycles. The van der Waals surface area contributed by atoms with Crippen molar-refractivity contribution in [1.82, 2.24) is 9.97 Å². The summed E-state index contributed by atoms with van der Waals surface area (Å²) < 4.78 is 0. The number of nitrogen functional groups attached to an aromatic ring is 2. The smallest absolute Gasteiger partial charge is 0.127 e. The molecule has 2 aromatic heterocycles. The Balaban J connectivity index is 0.000000240. The second-order valence-electron chi connectivity index (χ2n) is 7.07. The fourth-order valence-corrected chi connectivity index (χ4v) is 3.25. The third kappa shape index (κ3) is 4.95. The lowest BCUT2D eigenvalue weighted by Gasteiger charge is -2.12. The van der Waals surface area contributed by atoms with Crippen LogP contribution in [0.2, 0.25) is 0 Å². The molecule has 0 saturated heterocycles. The zero-order valence-electron chi connectivity index (χ0n) is 16.4. The highest BCUT2D eigenvalue weighted by Crippen LogP contribution is 2.25. The molecule has 4 heteroatoms. The Morgan fingerprint density at radius 2 is 0.958 bits per heavy atom. The lowest BCUT2D eigenvalue weighted by molar-refractivity contribution is 0.849. The number of aromatic nitrogens is 2. The number of hydrogen-bond acceptors (Lipinski definition) is 4. The van der Waals surface area contributed by atoms with E-state index in [1.165, 1.54) is 22.3 Å². The van der Waals surface area contributed by atoms with E-state index >= 15 is 0 Å². The Morgan fingerprint density at radius 3 is 1.17 bits per heavy atom. The van der Waals surface area contributed by atoms with Gasteiger partial charge in [0.2, 0.25) is 0 Å². The number of aryl methyl sites for hydroxylation is 4. The first-order valence-corrected chi connectivity index (χ1v) is 8.51. The molecule has 0 atom stereocenters. The minimum Gasteiger partial charge on any atom is -0.383 e. The molecule has 0 spiro atoms. The standard InChI is InChI=1S/2C10H16N2/c2*1-6(2)9-7(3)5-8(4)12-10(9)11/h2*5-6H,1-4H3,(H2,11,12). The van der Waals surface area contributed by atoms with Crippen molar-refractivity contribution in [3.63, 3.8) is 0 Å². The van der Waals surface area contributed by atoms with E-state index in [1.54, 1.807) is 0 Å². The Bertz CT molecular complexity index is 595. The third-order valence-electron chi connectivity index (χ3n) is 4.00. The molecule has 4 nitrogen and oxygen atoms in total. The van der Waals surface area contributed by atoms with Gasteiger partial charge in [0, 0.05) is 11.4 Å². The molecule has 0 fully saturated rings. The van der Waals surface area contributed by atoms with Gasteiger partial charge in [-0.05, 0) is 73.9 Å². The maximum Gasteiger partial charge on any atom is 0.127 e. The average molecular weight is 329 g/mol. The molecule has 0 unspecified atom stereocenters. The van der Waals surface area contributed by atoms with Gasteiger partial charge in [0.15, 0.2) is 0 Å². The lowest BCUT2D eigenvalue weighted by atomic mass is 9.98. The van der Waals surface area contributed by atoms with E-state index in [4.69, 9.17) is 11.5 Å². The van der Waals surface area contributed by atoms with Crippen molar-refractivity contribution in [1.29, 1.82) is 0 Å². The summed E-state index contributed by atoms with van der Waals surface area (Å²) in [6, 6.07) is 4.15. The monoisotopic (exact) mass is 328 g/mol. The second kappa shape index (κ2) is 8.13. The molecule has 0 aliphatic rings. The van der Waals surface area contributed by atoms with Crippen LogP contribution in [0.1, 0.15) is 73.2 Å². The van der Waals surface area contributed by atoms with Gasteiger partial charge in [-0.2, -0.15) is 0 Å². The van der Waals surface area contributed by atoms with Crippen molar-refractivity contribution in [2.45, 2.75) is 67.2 Å². The minimum absolute atomic E-state index is 0.457. The normalized spacial score (nSPS) is 10.8. The molecule has 4 N–H and O–H groups in total. The fraction of sp³-hybridized carbons (Fsp3) is 0.500. The Morgan fingerprint density at radius 1 is 0.667 bits per heavy atom. The van der Waals surface area contributed by atoms with Crippen molar-refractivity contribution < 1.29 is 0 Å². The summed E-state index contributed by atoms with van der Waals surface area (Å²) >= 11 is 0. The average Bonchev–Trinajstić information content (AvgIpc) is 2.35. The van der Waals surface area contributed by atoms with Crippen LogP contribution in [0.3, 0.4) is 0 Å². The van der Waals surface area contributed by atoms with Gasteiger partial charge < -0.3 is 11.5 Å². The minimum atomic E-state index is 0.457. The van der Waals surface area contributed by atoms with E-state index in [1.807, 2.05) is 13.8 Å². The van der Waals surface area contributed by atoms with Crippen LogP contribution in [-0.4, -0.2) is 9.97 Å². The number of pyridine rings is 2. The van der Waals surface area contributed by atoms with Crippen LogP contribution in [-0.2, 0) is 0 Å². The van der Waals surface area contributed by atoms with Crippen LogP contribution >= 0.6 is 0 Å². The van der Waals surface area contributed by atoms with Crippen LogP contribution in [0.4, 0.5) is 11.6 Å².